The first-order valence-electron chi connectivity index (χ1n) is 9.58. The maximum absolute atomic E-state index is 14.2. The van der Waals surface area contributed by atoms with Crippen molar-refractivity contribution in [1.29, 1.82) is 0 Å². The van der Waals surface area contributed by atoms with Crippen molar-refractivity contribution in [3.63, 3.8) is 0 Å². The van der Waals surface area contributed by atoms with E-state index in [0.717, 1.165) is 29.0 Å². The Hall–Kier alpha value is -3.55. The summed E-state index contributed by atoms with van der Waals surface area (Å²) in [6.07, 6.45) is 0. The predicted octanol–water partition coefficient (Wildman–Crippen LogP) is 3.86. The molecule has 1 amide bonds. The van der Waals surface area contributed by atoms with Crippen LogP contribution in [-0.2, 0) is 6.54 Å². The highest BCUT2D eigenvalue weighted by molar-refractivity contribution is 5.96. The van der Waals surface area contributed by atoms with Crippen LogP contribution in [0.2, 0.25) is 0 Å². The van der Waals surface area contributed by atoms with Gasteiger partial charge in [0.2, 0.25) is 0 Å². The predicted molar refractivity (Wildman–Crippen MR) is 110 cm³/mol. The van der Waals surface area contributed by atoms with Crippen molar-refractivity contribution in [1.82, 2.24) is 24.6 Å². The second kappa shape index (κ2) is 7.70. The van der Waals surface area contributed by atoms with Gasteiger partial charge in [0.15, 0.2) is 5.82 Å². The van der Waals surface area contributed by atoms with Crippen molar-refractivity contribution in [2.45, 2.75) is 27.3 Å². The van der Waals surface area contributed by atoms with Gasteiger partial charge in [-0.25, -0.2) is 18.4 Å². The molecule has 4 rings (SSSR count). The lowest BCUT2D eigenvalue weighted by Crippen LogP contribution is -2.28. The highest BCUT2D eigenvalue weighted by Gasteiger charge is 2.21. The Morgan fingerprint density at radius 1 is 1.10 bits per heavy atom. The molecule has 0 radical (unpaired) electrons. The lowest BCUT2D eigenvalue weighted by Gasteiger charge is -2.09. The standard InChI is InChI=1S/C22H21F2N5O/c1-13-21(14(2)29(27-13)19-9-8-16(23)12-17(19)24)22(30)25-10-11-28-15(3)26-18-6-4-5-7-20(18)28/h4-9,12H,10-11H2,1-3H3,(H,25,30). The number of nitrogens with one attached hydrogen (secondary N) is 1. The molecule has 0 atom stereocenters. The molecular formula is C22H21F2N5O. The molecule has 6 nitrogen and oxygen atoms in total. The first-order chi connectivity index (χ1) is 14.4. The SMILES string of the molecule is Cc1nn(-c2ccc(F)cc2F)c(C)c1C(=O)NCCn1c(C)nc2ccccc21. The molecule has 4 aromatic rings. The second-order valence-corrected chi connectivity index (χ2v) is 7.11. The lowest BCUT2D eigenvalue weighted by molar-refractivity contribution is 0.0951. The van der Waals surface area contributed by atoms with Crippen LogP contribution in [-0.4, -0.2) is 31.8 Å². The Labute approximate surface area is 172 Å². The Morgan fingerprint density at radius 2 is 1.87 bits per heavy atom. The number of fused-ring (bicyclic) bond motifs is 1. The number of benzene rings is 2. The largest absolute Gasteiger partial charge is 0.350 e. The van der Waals surface area contributed by atoms with E-state index in [0.29, 0.717) is 30.0 Å². The fraction of sp³-hybridized carbons (Fsp3) is 0.227. The number of hydrogen-bond donors (Lipinski definition) is 1. The molecule has 30 heavy (non-hydrogen) atoms. The number of para-hydroxylation sites is 2. The molecule has 0 bridgehead atoms. The van der Waals surface area contributed by atoms with Crippen LogP contribution in [0.5, 0.6) is 0 Å². The van der Waals surface area contributed by atoms with Crippen LogP contribution in [0.1, 0.15) is 27.6 Å². The Balaban J connectivity index is 1.53. The molecule has 0 saturated carbocycles. The van der Waals surface area contributed by atoms with E-state index in [-0.39, 0.29) is 11.6 Å². The van der Waals surface area contributed by atoms with E-state index < -0.39 is 11.6 Å². The normalized spacial score (nSPS) is 11.2. The van der Waals surface area contributed by atoms with Crippen molar-refractivity contribution < 1.29 is 13.6 Å². The zero-order chi connectivity index (χ0) is 21.4. The third-order valence-corrected chi connectivity index (χ3v) is 5.12. The van der Waals surface area contributed by atoms with E-state index in [2.05, 4.69) is 15.4 Å². The molecule has 0 aliphatic carbocycles. The molecule has 154 valence electrons. The number of carbonyl (C=O) groups excluding carboxylic acids is 1. The molecule has 0 aliphatic heterocycles. The van der Waals surface area contributed by atoms with Crippen LogP contribution in [0.3, 0.4) is 0 Å². The second-order valence-electron chi connectivity index (χ2n) is 7.11. The van der Waals surface area contributed by atoms with Gasteiger partial charge >= 0.3 is 0 Å². The van der Waals surface area contributed by atoms with Gasteiger partial charge in [0.05, 0.1) is 28.0 Å². The van der Waals surface area contributed by atoms with Gasteiger partial charge in [-0.3, -0.25) is 4.79 Å². The third kappa shape index (κ3) is 3.45. The number of amides is 1. The van der Waals surface area contributed by atoms with E-state index in [9.17, 15) is 13.6 Å². The molecule has 2 heterocycles. The summed E-state index contributed by atoms with van der Waals surface area (Å²) in [7, 11) is 0. The molecule has 0 saturated heterocycles. The average molecular weight is 409 g/mol. The fourth-order valence-electron chi connectivity index (χ4n) is 3.71. The topological polar surface area (TPSA) is 64.7 Å². The third-order valence-electron chi connectivity index (χ3n) is 5.12. The number of halogens is 2. The molecule has 2 aromatic heterocycles. The number of aromatic nitrogens is 4. The Bertz CT molecular complexity index is 1260. The number of imidazole rings is 1. The number of carbonyl (C=O) groups is 1. The summed E-state index contributed by atoms with van der Waals surface area (Å²) < 4.78 is 30.8. The van der Waals surface area contributed by atoms with Gasteiger partial charge in [-0.05, 0) is 45.0 Å². The van der Waals surface area contributed by atoms with Gasteiger partial charge in [0, 0.05) is 19.2 Å². The monoisotopic (exact) mass is 409 g/mol. The van der Waals surface area contributed by atoms with Gasteiger partial charge in [-0.1, -0.05) is 12.1 Å². The zero-order valence-electron chi connectivity index (χ0n) is 16.9. The highest BCUT2D eigenvalue weighted by Crippen LogP contribution is 2.21. The van der Waals surface area contributed by atoms with Crippen LogP contribution in [0.15, 0.2) is 42.5 Å². The summed E-state index contributed by atoms with van der Waals surface area (Å²) in [5.41, 5.74) is 3.35. The number of aryl methyl sites for hydroxylation is 2. The van der Waals surface area contributed by atoms with Gasteiger partial charge in [-0.15, -0.1) is 0 Å². The first kappa shape index (κ1) is 19.8. The average Bonchev–Trinajstić information content (AvgIpc) is 3.17. The van der Waals surface area contributed by atoms with Crippen molar-refractivity contribution in [2.75, 3.05) is 6.54 Å². The van der Waals surface area contributed by atoms with Crippen LogP contribution < -0.4 is 5.32 Å². The number of nitrogens with zero attached hydrogens (tertiary/aromatic N) is 4. The molecule has 0 unspecified atom stereocenters. The molecule has 8 heteroatoms. The quantitative estimate of drug-likeness (QED) is 0.545. The molecule has 0 aliphatic rings. The van der Waals surface area contributed by atoms with Crippen LogP contribution in [0, 0.1) is 32.4 Å². The van der Waals surface area contributed by atoms with Crippen molar-refractivity contribution in [2.24, 2.45) is 0 Å². The molecule has 2 aromatic carbocycles. The number of hydrogen-bond acceptors (Lipinski definition) is 3. The Kier molecular flexibility index (Phi) is 5.07. The van der Waals surface area contributed by atoms with Crippen molar-refractivity contribution >= 4 is 16.9 Å². The van der Waals surface area contributed by atoms with E-state index in [1.807, 2.05) is 35.8 Å². The maximum atomic E-state index is 14.2. The van der Waals surface area contributed by atoms with Crippen LogP contribution in [0.25, 0.3) is 16.7 Å². The van der Waals surface area contributed by atoms with E-state index in [4.69, 9.17) is 0 Å². The van der Waals surface area contributed by atoms with E-state index in [1.54, 1.807) is 13.8 Å². The van der Waals surface area contributed by atoms with Crippen LogP contribution >= 0.6 is 0 Å². The molecular weight excluding hydrogens is 388 g/mol. The molecule has 0 spiro atoms. The minimum atomic E-state index is -0.741. The van der Waals surface area contributed by atoms with Gasteiger partial charge in [-0.2, -0.15) is 5.10 Å². The minimum absolute atomic E-state index is 0.0940. The molecule has 0 fully saturated rings. The Morgan fingerprint density at radius 3 is 2.63 bits per heavy atom. The van der Waals surface area contributed by atoms with Crippen molar-refractivity contribution in [3.05, 3.63) is 76.9 Å². The van der Waals surface area contributed by atoms with Crippen molar-refractivity contribution in [3.8, 4) is 5.69 Å². The number of rotatable bonds is 5. The summed E-state index contributed by atoms with van der Waals surface area (Å²) in [6.45, 7) is 6.27. The summed E-state index contributed by atoms with van der Waals surface area (Å²) in [6, 6.07) is 11.1. The zero-order valence-corrected chi connectivity index (χ0v) is 16.9. The summed E-state index contributed by atoms with van der Waals surface area (Å²) in [5.74, 6) is -0.827. The minimum Gasteiger partial charge on any atom is -0.350 e. The summed E-state index contributed by atoms with van der Waals surface area (Å²) in [4.78, 5) is 17.3. The molecule has 1 N–H and O–H groups in total. The van der Waals surface area contributed by atoms with E-state index >= 15 is 0 Å². The van der Waals surface area contributed by atoms with Gasteiger partial charge < -0.3 is 9.88 Å². The van der Waals surface area contributed by atoms with Crippen LogP contribution in [0.4, 0.5) is 8.78 Å². The summed E-state index contributed by atoms with van der Waals surface area (Å²) in [5, 5.41) is 7.19. The highest BCUT2D eigenvalue weighted by atomic mass is 19.1. The van der Waals surface area contributed by atoms with E-state index in [1.165, 1.54) is 10.7 Å². The smallest absolute Gasteiger partial charge is 0.255 e. The van der Waals surface area contributed by atoms with Gasteiger partial charge in [0.25, 0.3) is 5.91 Å². The fourth-order valence-corrected chi connectivity index (χ4v) is 3.71. The lowest BCUT2D eigenvalue weighted by atomic mass is 10.2. The first-order valence-corrected chi connectivity index (χ1v) is 9.58. The maximum Gasteiger partial charge on any atom is 0.255 e. The van der Waals surface area contributed by atoms with Gasteiger partial charge in [0.1, 0.15) is 17.3 Å². The summed E-state index contributed by atoms with van der Waals surface area (Å²) >= 11 is 0.